The number of nitrogens with one attached hydrogen (secondary N) is 1. The molecule has 1 saturated carbocycles. The van der Waals surface area contributed by atoms with Crippen molar-refractivity contribution in [3.63, 3.8) is 0 Å². The summed E-state index contributed by atoms with van der Waals surface area (Å²) >= 11 is 1.22. The van der Waals surface area contributed by atoms with Crippen molar-refractivity contribution in [3.8, 4) is 5.75 Å². The topological polar surface area (TPSA) is 40.6 Å². The number of hydrogen-bond acceptors (Lipinski definition) is 5. The van der Waals surface area contributed by atoms with E-state index >= 15 is 0 Å². The predicted molar refractivity (Wildman–Crippen MR) is 100 cm³/mol. The zero-order valence-corrected chi connectivity index (χ0v) is 19.3. The number of rotatable bonds is 6. The molecule has 2 aliphatic heterocycles. The van der Waals surface area contributed by atoms with Crippen LogP contribution in [0.2, 0.25) is 0 Å². The molecule has 0 aromatic carbocycles. The molecule has 1 atom stereocenters. The Morgan fingerprint density at radius 3 is 2.84 bits per heavy atom. The fourth-order valence-electron chi connectivity index (χ4n) is 4.58. The van der Waals surface area contributed by atoms with Crippen molar-refractivity contribution < 1.29 is 4.74 Å². The Balaban J connectivity index is 1.54. The van der Waals surface area contributed by atoms with E-state index in [1.165, 1.54) is 67.1 Å². The second-order valence-corrected chi connectivity index (χ2v) is 9.48. The van der Waals surface area contributed by atoms with E-state index in [2.05, 4.69) is 35.3 Å². The molecule has 4 rings (SSSR count). The molecule has 3 aliphatic rings. The van der Waals surface area contributed by atoms with Crippen LogP contribution >= 0.6 is 0 Å². The van der Waals surface area contributed by atoms with E-state index in [4.69, 9.17) is 9.72 Å². The van der Waals surface area contributed by atoms with Crippen LogP contribution in [-0.4, -0.2) is 91.0 Å². The summed E-state index contributed by atoms with van der Waals surface area (Å²) in [6, 6.07) is 2.58. The first-order chi connectivity index (χ1) is 12.1. The molecule has 1 N–H and O–H groups in total. The normalized spacial score (nSPS) is 25.5. The van der Waals surface area contributed by atoms with Gasteiger partial charge >= 0.3 is 167 Å². The van der Waals surface area contributed by atoms with Gasteiger partial charge < -0.3 is 0 Å². The summed E-state index contributed by atoms with van der Waals surface area (Å²) in [5, 5.41) is 3.41. The molecule has 2 fully saturated rings. The first kappa shape index (κ1) is 18.1. The molecule has 5 nitrogen and oxygen atoms in total. The van der Waals surface area contributed by atoms with Gasteiger partial charge in [0.25, 0.3) is 0 Å². The van der Waals surface area contributed by atoms with Crippen molar-refractivity contribution in [3.05, 3.63) is 23.5 Å². The third-order valence-corrected chi connectivity index (χ3v) is 7.69. The van der Waals surface area contributed by atoms with Crippen LogP contribution in [0.15, 0.2) is 12.3 Å². The minimum atomic E-state index is 0.398. The summed E-state index contributed by atoms with van der Waals surface area (Å²) in [6.45, 7) is 4.61. The maximum atomic E-state index is 6.51. The molecule has 1 aromatic rings. The molecule has 3 heterocycles. The van der Waals surface area contributed by atoms with Gasteiger partial charge in [0.15, 0.2) is 0 Å². The van der Waals surface area contributed by atoms with Crippen LogP contribution in [0.1, 0.15) is 36.6 Å². The van der Waals surface area contributed by atoms with Crippen molar-refractivity contribution in [1.82, 2.24) is 20.1 Å². The van der Waals surface area contributed by atoms with Crippen LogP contribution in [0.5, 0.6) is 5.75 Å². The fraction of sp³-hybridized carbons (Fsp3) is 0.737. The molecule has 1 spiro atoms. The zero-order valence-electron chi connectivity index (χ0n) is 15.4. The van der Waals surface area contributed by atoms with Crippen LogP contribution in [0.3, 0.4) is 0 Å². The number of nitrogens with zero attached hydrogens (tertiary/aromatic N) is 3. The molecule has 3 radical (unpaired) electrons. The van der Waals surface area contributed by atoms with Gasteiger partial charge in [0.1, 0.15) is 0 Å². The van der Waals surface area contributed by atoms with Gasteiger partial charge in [0, 0.05) is 0 Å². The van der Waals surface area contributed by atoms with Crippen molar-refractivity contribution >= 4 is 25.8 Å². The molecule has 6 heteroatoms. The van der Waals surface area contributed by atoms with Gasteiger partial charge in [-0.15, -0.1) is 0 Å². The van der Waals surface area contributed by atoms with Crippen molar-refractivity contribution in [1.29, 1.82) is 0 Å². The Kier molecular flexibility index (Phi) is 5.37. The van der Waals surface area contributed by atoms with Gasteiger partial charge in [-0.2, -0.15) is 0 Å². The Labute approximate surface area is 167 Å². The van der Waals surface area contributed by atoms with Crippen LogP contribution in [0.25, 0.3) is 0 Å². The number of pyridine rings is 1. The Morgan fingerprint density at radius 1 is 1.40 bits per heavy atom. The number of aromatic nitrogens is 1. The summed E-state index contributed by atoms with van der Waals surface area (Å²) in [7, 11) is 4.33. The Bertz CT molecular complexity index is 611. The van der Waals surface area contributed by atoms with Gasteiger partial charge in [-0.1, -0.05) is 0 Å². The van der Waals surface area contributed by atoms with Gasteiger partial charge in [-0.05, 0) is 0 Å². The molecule has 25 heavy (non-hydrogen) atoms. The van der Waals surface area contributed by atoms with E-state index < -0.39 is 0 Å². The van der Waals surface area contributed by atoms with Gasteiger partial charge in [0.05, 0.1) is 0 Å². The SMILES string of the molecule is CN(C)CCC1c2c(OC3CC4(CNC4)C3)ccnc2CCN1[CH2][Pb]. The molecule has 1 unspecified atom stereocenters. The van der Waals surface area contributed by atoms with Crippen LogP contribution in [0, 0.1) is 5.41 Å². The third kappa shape index (κ3) is 3.62. The average Bonchev–Trinajstić information content (AvgIpc) is 2.53. The first-order valence-corrected chi connectivity index (χ1v) is 12.2. The fourth-order valence-corrected chi connectivity index (χ4v) is 6.05. The summed E-state index contributed by atoms with van der Waals surface area (Å²) in [5.41, 5.74) is 3.22. The van der Waals surface area contributed by atoms with Crippen molar-refractivity contribution in [2.75, 3.05) is 44.4 Å². The van der Waals surface area contributed by atoms with E-state index in [9.17, 15) is 0 Å². The summed E-state index contributed by atoms with van der Waals surface area (Å²) < 4.78 is 7.74. The summed E-state index contributed by atoms with van der Waals surface area (Å²) in [5.74, 6) is 1.11. The first-order valence-electron chi connectivity index (χ1n) is 9.49. The standard InChI is InChI=1S/C19H29N4O.Pb/c1-22(2)8-6-16-18-15(5-9-23(16)3)21-7-4-17(18)24-14-10-19(11-14)12-20-13-19;/h4,7,14,16,20H,3,5-6,8-13H2,1-2H3;. The number of fused-ring (bicyclic) bond motifs is 1. The molecule has 135 valence electrons. The van der Waals surface area contributed by atoms with Crippen molar-refractivity contribution in [2.45, 2.75) is 37.8 Å². The number of hydrogen-bond donors (Lipinski definition) is 1. The molecule has 1 aliphatic carbocycles. The van der Waals surface area contributed by atoms with Crippen LogP contribution in [0.4, 0.5) is 0 Å². The van der Waals surface area contributed by atoms with E-state index in [0.717, 1.165) is 31.7 Å². The van der Waals surface area contributed by atoms with Gasteiger partial charge in [0.2, 0.25) is 0 Å². The van der Waals surface area contributed by atoms with E-state index in [1.54, 1.807) is 0 Å². The summed E-state index contributed by atoms with van der Waals surface area (Å²) in [6.07, 6.45) is 6.99. The van der Waals surface area contributed by atoms with Crippen molar-refractivity contribution in [2.24, 2.45) is 5.41 Å². The molecular weight excluding hydrogens is 507 g/mol. The third-order valence-electron chi connectivity index (χ3n) is 6.11. The number of ether oxygens (including phenoxy) is 1. The van der Waals surface area contributed by atoms with E-state index in [-0.39, 0.29) is 0 Å². The second kappa shape index (κ2) is 7.40. The monoisotopic (exact) mass is 537 g/mol. The minimum absolute atomic E-state index is 0.398. The zero-order chi connectivity index (χ0) is 17.4. The predicted octanol–water partition coefficient (Wildman–Crippen LogP) is 1.19. The maximum absolute atomic E-state index is 6.51. The average molecular weight is 537 g/mol. The van der Waals surface area contributed by atoms with E-state index in [0.29, 0.717) is 17.6 Å². The van der Waals surface area contributed by atoms with Gasteiger partial charge in [-0.25, -0.2) is 0 Å². The second-order valence-electron chi connectivity index (χ2n) is 8.25. The Hall–Kier alpha value is -0.248. The molecule has 1 saturated heterocycles. The Morgan fingerprint density at radius 2 is 2.20 bits per heavy atom. The molecule has 0 bridgehead atoms. The molecule has 1 aromatic heterocycles. The quantitative estimate of drug-likeness (QED) is 0.554. The van der Waals surface area contributed by atoms with Crippen LogP contribution < -0.4 is 10.1 Å². The van der Waals surface area contributed by atoms with Gasteiger partial charge in [-0.3, -0.25) is 0 Å². The summed E-state index contributed by atoms with van der Waals surface area (Å²) in [4.78, 5) is 9.66. The molecule has 0 amide bonds. The van der Waals surface area contributed by atoms with Crippen LogP contribution in [-0.2, 0) is 6.42 Å². The molecular formula is C19H29N4OPb. The van der Waals surface area contributed by atoms with E-state index in [1.807, 2.05) is 6.20 Å².